The fourth-order valence-electron chi connectivity index (χ4n) is 2.05. The van der Waals surface area contributed by atoms with Crippen LogP contribution in [0.1, 0.15) is 11.3 Å². The van der Waals surface area contributed by atoms with Crippen molar-refractivity contribution in [3.05, 3.63) is 40.0 Å². The van der Waals surface area contributed by atoms with Gasteiger partial charge in [-0.05, 0) is 0 Å². The summed E-state index contributed by atoms with van der Waals surface area (Å²) in [7, 11) is 0. The molecule has 0 saturated carbocycles. The Morgan fingerprint density at radius 3 is 2.94 bits per heavy atom. The van der Waals surface area contributed by atoms with Crippen molar-refractivity contribution in [3.8, 4) is 0 Å². The Balaban J connectivity index is 2.40. The van der Waals surface area contributed by atoms with E-state index in [1.807, 2.05) is 0 Å². The highest BCUT2D eigenvalue weighted by molar-refractivity contribution is 6.36. The zero-order valence-electron chi connectivity index (χ0n) is 8.77. The predicted octanol–water partition coefficient (Wildman–Crippen LogP) is 3.24. The summed E-state index contributed by atoms with van der Waals surface area (Å²) in [5.74, 6) is -1.34. The molecule has 2 aromatic rings. The smallest absolute Gasteiger partial charge is 0.137 e. The van der Waals surface area contributed by atoms with Gasteiger partial charge in [0.2, 0.25) is 0 Å². The first-order valence-corrected chi connectivity index (χ1v) is 5.58. The molecule has 0 unspecified atom stereocenters. The van der Waals surface area contributed by atoms with Gasteiger partial charge in [0.25, 0.3) is 0 Å². The summed E-state index contributed by atoms with van der Waals surface area (Å²) in [5, 5.41) is 0.444. The minimum Gasteiger partial charge on any atom is -0.376 e. The fraction of sp³-hybridized carbons (Fsp3) is 0.250. The molecule has 1 aromatic heterocycles. The molecule has 0 bridgehead atoms. The summed E-state index contributed by atoms with van der Waals surface area (Å²) in [6.07, 6.45) is 0.614. The normalized spacial score (nSPS) is 15.0. The number of benzene rings is 1. The van der Waals surface area contributed by atoms with E-state index in [0.29, 0.717) is 25.2 Å². The van der Waals surface area contributed by atoms with Gasteiger partial charge in [0.15, 0.2) is 0 Å². The number of ether oxygens (including phenoxy) is 1. The summed E-state index contributed by atoms with van der Waals surface area (Å²) < 4.78 is 32.1. The summed E-state index contributed by atoms with van der Waals surface area (Å²) >= 11 is 6.13. The molecule has 0 amide bonds. The molecule has 1 aromatic carbocycles. The van der Waals surface area contributed by atoms with E-state index in [1.54, 1.807) is 0 Å². The topological polar surface area (TPSA) is 22.1 Å². The molecule has 0 saturated heterocycles. The average Bonchev–Trinajstić information content (AvgIpc) is 2.28. The third-order valence-corrected chi connectivity index (χ3v) is 3.27. The van der Waals surface area contributed by atoms with Gasteiger partial charge < -0.3 is 4.74 Å². The van der Waals surface area contributed by atoms with Crippen LogP contribution >= 0.6 is 11.6 Å². The van der Waals surface area contributed by atoms with E-state index in [2.05, 4.69) is 4.98 Å². The van der Waals surface area contributed by atoms with Crippen molar-refractivity contribution in [2.45, 2.75) is 13.0 Å². The van der Waals surface area contributed by atoms with E-state index in [1.165, 1.54) is 6.07 Å². The molecule has 0 spiro atoms. The SMILES string of the molecule is Fc1cc(F)c2c(Cl)c3c(nc2c1)CCOC3. The van der Waals surface area contributed by atoms with Gasteiger partial charge >= 0.3 is 0 Å². The van der Waals surface area contributed by atoms with Crippen LogP contribution in [0.25, 0.3) is 10.9 Å². The van der Waals surface area contributed by atoms with Gasteiger partial charge in [-0.2, -0.15) is 0 Å². The lowest BCUT2D eigenvalue weighted by molar-refractivity contribution is 0.109. The second-order valence-corrected chi connectivity index (χ2v) is 4.31. The van der Waals surface area contributed by atoms with Crippen LogP contribution in [0.4, 0.5) is 8.78 Å². The molecule has 1 aliphatic heterocycles. The van der Waals surface area contributed by atoms with Crippen LogP contribution in [0.5, 0.6) is 0 Å². The molecule has 0 aliphatic carbocycles. The number of halogens is 3. The van der Waals surface area contributed by atoms with Crippen LogP contribution < -0.4 is 0 Å². The van der Waals surface area contributed by atoms with Gasteiger partial charge in [-0.1, -0.05) is 11.6 Å². The summed E-state index contributed by atoms with van der Waals surface area (Å²) in [6, 6.07) is 2.01. The molecule has 88 valence electrons. The van der Waals surface area contributed by atoms with Crippen molar-refractivity contribution in [3.63, 3.8) is 0 Å². The minimum absolute atomic E-state index is 0.164. The Hall–Kier alpha value is -1.26. The number of hydrogen-bond acceptors (Lipinski definition) is 2. The first-order chi connectivity index (χ1) is 8.16. The molecule has 0 atom stereocenters. The zero-order valence-corrected chi connectivity index (χ0v) is 9.52. The second-order valence-electron chi connectivity index (χ2n) is 3.94. The number of fused-ring (bicyclic) bond motifs is 2. The highest BCUT2D eigenvalue weighted by atomic mass is 35.5. The van der Waals surface area contributed by atoms with E-state index < -0.39 is 11.6 Å². The Morgan fingerprint density at radius 2 is 2.12 bits per heavy atom. The number of rotatable bonds is 0. The predicted molar refractivity (Wildman–Crippen MR) is 60.0 cm³/mol. The lowest BCUT2D eigenvalue weighted by atomic mass is 10.1. The zero-order chi connectivity index (χ0) is 12.0. The molecular weight excluding hydrogens is 248 g/mol. The number of aromatic nitrogens is 1. The lowest BCUT2D eigenvalue weighted by Crippen LogP contribution is -2.13. The molecule has 2 heterocycles. The van der Waals surface area contributed by atoms with Gasteiger partial charge in [-0.3, -0.25) is 4.98 Å². The third-order valence-electron chi connectivity index (χ3n) is 2.85. The number of pyridine rings is 1. The van der Waals surface area contributed by atoms with E-state index in [4.69, 9.17) is 16.3 Å². The van der Waals surface area contributed by atoms with Gasteiger partial charge in [0.1, 0.15) is 11.6 Å². The first kappa shape index (κ1) is 10.9. The third kappa shape index (κ3) is 1.68. The highest BCUT2D eigenvalue weighted by Gasteiger charge is 2.19. The fourth-order valence-corrected chi connectivity index (χ4v) is 2.40. The molecule has 0 radical (unpaired) electrons. The van der Waals surface area contributed by atoms with Crippen molar-refractivity contribution >= 4 is 22.5 Å². The van der Waals surface area contributed by atoms with Gasteiger partial charge in [0.05, 0.1) is 34.8 Å². The highest BCUT2D eigenvalue weighted by Crippen LogP contribution is 2.33. The van der Waals surface area contributed by atoms with E-state index in [9.17, 15) is 8.78 Å². The van der Waals surface area contributed by atoms with E-state index in [-0.39, 0.29) is 15.9 Å². The summed E-state index contributed by atoms with van der Waals surface area (Å²) in [4.78, 5) is 4.25. The van der Waals surface area contributed by atoms with Crippen molar-refractivity contribution in [2.75, 3.05) is 6.61 Å². The maximum absolute atomic E-state index is 13.7. The monoisotopic (exact) mass is 255 g/mol. The van der Waals surface area contributed by atoms with E-state index in [0.717, 1.165) is 11.8 Å². The molecule has 17 heavy (non-hydrogen) atoms. The number of hydrogen-bond donors (Lipinski definition) is 0. The number of nitrogens with zero attached hydrogens (tertiary/aromatic N) is 1. The van der Waals surface area contributed by atoms with Crippen LogP contribution in [-0.2, 0) is 17.8 Å². The minimum atomic E-state index is -0.689. The molecule has 3 rings (SSSR count). The molecule has 0 N–H and O–H groups in total. The maximum atomic E-state index is 13.7. The molecule has 5 heteroatoms. The molecule has 2 nitrogen and oxygen atoms in total. The van der Waals surface area contributed by atoms with E-state index >= 15 is 0 Å². The lowest BCUT2D eigenvalue weighted by Gasteiger charge is -2.18. The maximum Gasteiger partial charge on any atom is 0.137 e. The van der Waals surface area contributed by atoms with Crippen LogP contribution in [0.3, 0.4) is 0 Å². The average molecular weight is 256 g/mol. The first-order valence-electron chi connectivity index (χ1n) is 5.20. The Bertz CT molecular complexity index is 615. The van der Waals surface area contributed by atoms with Gasteiger partial charge in [-0.15, -0.1) is 0 Å². The van der Waals surface area contributed by atoms with Crippen molar-refractivity contribution < 1.29 is 13.5 Å². The van der Waals surface area contributed by atoms with Crippen molar-refractivity contribution in [1.82, 2.24) is 4.98 Å². The summed E-state index contributed by atoms with van der Waals surface area (Å²) in [6.45, 7) is 0.882. The van der Waals surface area contributed by atoms with Crippen LogP contribution in [0.15, 0.2) is 12.1 Å². The standard InChI is InChI=1S/C12H8ClF2NO/c13-12-7-5-17-2-1-9(7)16-10-4-6(14)3-8(15)11(10)12/h3-4H,1-2,5H2. The molecule has 1 aliphatic rings. The second kappa shape index (κ2) is 3.89. The largest absolute Gasteiger partial charge is 0.376 e. The Kier molecular flexibility index (Phi) is 2.49. The molecular formula is C12H8ClF2NO. The van der Waals surface area contributed by atoms with Crippen molar-refractivity contribution in [2.24, 2.45) is 0 Å². The quantitative estimate of drug-likeness (QED) is 0.721. The van der Waals surface area contributed by atoms with Gasteiger partial charge in [-0.25, -0.2) is 8.78 Å². The summed E-state index contributed by atoms with van der Waals surface area (Å²) in [5.41, 5.74) is 1.72. The Morgan fingerprint density at radius 1 is 1.29 bits per heavy atom. The van der Waals surface area contributed by atoms with Crippen LogP contribution in [0, 0.1) is 11.6 Å². The van der Waals surface area contributed by atoms with Crippen LogP contribution in [-0.4, -0.2) is 11.6 Å². The molecule has 0 fully saturated rings. The Labute approximate surface area is 101 Å². The van der Waals surface area contributed by atoms with Gasteiger partial charge in [0, 0.05) is 24.1 Å². The van der Waals surface area contributed by atoms with Crippen LogP contribution in [0.2, 0.25) is 5.02 Å². The van der Waals surface area contributed by atoms with Crippen molar-refractivity contribution in [1.29, 1.82) is 0 Å².